The summed E-state index contributed by atoms with van der Waals surface area (Å²) in [7, 11) is 1.44. The molecule has 0 aromatic heterocycles. The SMILES string of the molecule is COC(=O)N1CCCNCCNCCCNCC1. The van der Waals surface area contributed by atoms with E-state index in [0.29, 0.717) is 6.54 Å². The molecule has 1 saturated heterocycles. The maximum atomic E-state index is 11.6. The third kappa shape index (κ3) is 6.78. The summed E-state index contributed by atoms with van der Waals surface area (Å²) in [6.45, 7) is 7.21. The van der Waals surface area contributed by atoms with E-state index in [1.807, 2.05) is 0 Å². The fraction of sp³-hybridized carbons (Fsp3) is 0.917. The Labute approximate surface area is 109 Å². The standard InChI is InChI=1S/C12H26N4O2/c1-18-12(17)16-10-3-6-14-8-7-13-4-2-5-15-9-11-16/h13-15H,2-11H2,1H3. The van der Waals surface area contributed by atoms with Crippen LogP contribution in [0.2, 0.25) is 0 Å². The zero-order valence-electron chi connectivity index (χ0n) is 11.3. The summed E-state index contributed by atoms with van der Waals surface area (Å²) < 4.78 is 4.79. The van der Waals surface area contributed by atoms with Gasteiger partial charge in [0.2, 0.25) is 0 Å². The van der Waals surface area contributed by atoms with Crippen molar-refractivity contribution in [2.75, 3.05) is 59.5 Å². The second-order valence-corrected chi connectivity index (χ2v) is 4.41. The molecule has 0 aromatic carbocycles. The molecule has 1 heterocycles. The lowest BCUT2D eigenvalue weighted by molar-refractivity contribution is 0.123. The lowest BCUT2D eigenvalue weighted by Gasteiger charge is -2.21. The van der Waals surface area contributed by atoms with Gasteiger partial charge in [0.25, 0.3) is 0 Å². The van der Waals surface area contributed by atoms with E-state index in [4.69, 9.17) is 4.74 Å². The van der Waals surface area contributed by atoms with Crippen molar-refractivity contribution in [2.24, 2.45) is 0 Å². The molecule has 0 radical (unpaired) electrons. The summed E-state index contributed by atoms with van der Waals surface area (Å²) in [6.07, 6.45) is 1.83. The van der Waals surface area contributed by atoms with Crippen LogP contribution < -0.4 is 16.0 Å². The predicted octanol–water partition coefficient (Wildman–Crippen LogP) is -0.383. The van der Waals surface area contributed by atoms with Crippen LogP contribution in [0.1, 0.15) is 12.8 Å². The van der Waals surface area contributed by atoms with Gasteiger partial charge in [0, 0.05) is 32.7 Å². The minimum absolute atomic E-state index is 0.231. The van der Waals surface area contributed by atoms with Gasteiger partial charge < -0.3 is 25.6 Å². The summed E-state index contributed by atoms with van der Waals surface area (Å²) in [5.74, 6) is 0. The second kappa shape index (κ2) is 10.1. The van der Waals surface area contributed by atoms with Gasteiger partial charge in [-0.2, -0.15) is 0 Å². The lowest BCUT2D eigenvalue weighted by Crippen LogP contribution is -2.39. The van der Waals surface area contributed by atoms with Crippen LogP contribution in [-0.4, -0.2) is 70.5 Å². The van der Waals surface area contributed by atoms with Crippen molar-refractivity contribution in [3.8, 4) is 0 Å². The van der Waals surface area contributed by atoms with Crippen LogP contribution in [0, 0.1) is 0 Å². The molecule has 1 aliphatic heterocycles. The average Bonchev–Trinajstić information content (AvgIpc) is 2.40. The topological polar surface area (TPSA) is 65.6 Å². The van der Waals surface area contributed by atoms with Gasteiger partial charge in [-0.3, -0.25) is 0 Å². The molecular weight excluding hydrogens is 232 g/mol. The number of nitrogens with one attached hydrogen (secondary N) is 3. The third-order valence-electron chi connectivity index (χ3n) is 2.96. The molecule has 1 fully saturated rings. The Morgan fingerprint density at radius 2 is 1.50 bits per heavy atom. The van der Waals surface area contributed by atoms with Gasteiger partial charge in [0.15, 0.2) is 0 Å². The van der Waals surface area contributed by atoms with Crippen molar-refractivity contribution >= 4 is 6.09 Å². The van der Waals surface area contributed by atoms with E-state index in [9.17, 15) is 4.79 Å². The van der Waals surface area contributed by atoms with Crippen molar-refractivity contribution < 1.29 is 9.53 Å². The first-order chi connectivity index (χ1) is 8.84. The predicted molar refractivity (Wildman–Crippen MR) is 71.8 cm³/mol. The Hall–Kier alpha value is -0.850. The van der Waals surface area contributed by atoms with Crippen LogP contribution in [0.5, 0.6) is 0 Å². The van der Waals surface area contributed by atoms with Gasteiger partial charge in [-0.1, -0.05) is 0 Å². The monoisotopic (exact) mass is 258 g/mol. The fourth-order valence-corrected chi connectivity index (χ4v) is 1.92. The lowest BCUT2D eigenvalue weighted by atomic mass is 10.3. The normalized spacial score (nSPS) is 21.1. The molecule has 1 amide bonds. The zero-order chi connectivity index (χ0) is 13.1. The summed E-state index contributed by atoms with van der Waals surface area (Å²) in [5, 5.41) is 10.1. The van der Waals surface area contributed by atoms with E-state index in [0.717, 1.165) is 58.7 Å². The molecule has 0 unspecified atom stereocenters. The highest BCUT2D eigenvalue weighted by Gasteiger charge is 2.12. The molecule has 0 saturated carbocycles. The van der Waals surface area contributed by atoms with Crippen LogP contribution >= 0.6 is 0 Å². The number of hydrogen-bond donors (Lipinski definition) is 3. The van der Waals surface area contributed by atoms with Crippen molar-refractivity contribution in [1.82, 2.24) is 20.9 Å². The molecule has 0 aliphatic carbocycles. The number of carbonyl (C=O) groups is 1. The van der Waals surface area contributed by atoms with Crippen molar-refractivity contribution in [1.29, 1.82) is 0 Å². The zero-order valence-corrected chi connectivity index (χ0v) is 11.3. The molecule has 6 heteroatoms. The smallest absolute Gasteiger partial charge is 0.409 e. The van der Waals surface area contributed by atoms with E-state index >= 15 is 0 Å². The van der Waals surface area contributed by atoms with Crippen LogP contribution in [0.3, 0.4) is 0 Å². The highest BCUT2D eigenvalue weighted by molar-refractivity contribution is 5.67. The molecule has 106 valence electrons. The van der Waals surface area contributed by atoms with Gasteiger partial charge in [-0.15, -0.1) is 0 Å². The molecule has 0 aromatic rings. The van der Waals surface area contributed by atoms with E-state index < -0.39 is 0 Å². The molecule has 6 nitrogen and oxygen atoms in total. The average molecular weight is 258 g/mol. The summed E-state index contributed by atoms with van der Waals surface area (Å²) >= 11 is 0. The molecule has 0 atom stereocenters. The molecule has 0 bridgehead atoms. The summed E-state index contributed by atoms with van der Waals surface area (Å²) in [5.41, 5.74) is 0. The molecule has 18 heavy (non-hydrogen) atoms. The number of methoxy groups -OCH3 is 1. The van der Waals surface area contributed by atoms with Crippen LogP contribution in [0.15, 0.2) is 0 Å². The third-order valence-corrected chi connectivity index (χ3v) is 2.96. The second-order valence-electron chi connectivity index (χ2n) is 4.41. The maximum absolute atomic E-state index is 11.6. The van der Waals surface area contributed by atoms with Gasteiger partial charge in [-0.25, -0.2) is 4.79 Å². The minimum atomic E-state index is -0.231. The van der Waals surface area contributed by atoms with Gasteiger partial charge in [0.1, 0.15) is 0 Å². The van der Waals surface area contributed by atoms with E-state index in [-0.39, 0.29) is 6.09 Å². The van der Waals surface area contributed by atoms with Crippen LogP contribution in [0.4, 0.5) is 4.79 Å². The molecule has 0 spiro atoms. The Kier molecular flexibility index (Phi) is 8.54. The largest absolute Gasteiger partial charge is 0.453 e. The molecule has 3 N–H and O–H groups in total. The molecule has 1 rings (SSSR count). The summed E-state index contributed by atoms with van der Waals surface area (Å²) in [6, 6.07) is 0. The Morgan fingerprint density at radius 3 is 2.17 bits per heavy atom. The quantitative estimate of drug-likeness (QED) is 0.553. The molecular formula is C12H26N4O2. The van der Waals surface area contributed by atoms with Crippen LogP contribution in [0.25, 0.3) is 0 Å². The summed E-state index contributed by atoms with van der Waals surface area (Å²) in [4.78, 5) is 13.3. The van der Waals surface area contributed by atoms with E-state index in [1.165, 1.54) is 7.11 Å². The van der Waals surface area contributed by atoms with Crippen molar-refractivity contribution in [2.45, 2.75) is 12.8 Å². The van der Waals surface area contributed by atoms with Gasteiger partial charge >= 0.3 is 6.09 Å². The number of carbonyl (C=O) groups excluding carboxylic acids is 1. The molecule has 1 aliphatic rings. The number of nitrogens with zero attached hydrogens (tertiary/aromatic N) is 1. The fourth-order valence-electron chi connectivity index (χ4n) is 1.92. The first kappa shape index (κ1) is 15.2. The van der Waals surface area contributed by atoms with Crippen LogP contribution in [-0.2, 0) is 4.74 Å². The minimum Gasteiger partial charge on any atom is -0.453 e. The van der Waals surface area contributed by atoms with Crippen molar-refractivity contribution in [3.05, 3.63) is 0 Å². The number of hydrogen-bond acceptors (Lipinski definition) is 5. The van der Waals surface area contributed by atoms with Gasteiger partial charge in [-0.05, 0) is 32.5 Å². The first-order valence-corrected chi connectivity index (χ1v) is 6.79. The van der Waals surface area contributed by atoms with Crippen molar-refractivity contribution in [3.63, 3.8) is 0 Å². The van der Waals surface area contributed by atoms with E-state index in [1.54, 1.807) is 4.90 Å². The highest BCUT2D eigenvalue weighted by Crippen LogP contribution is 1.95. The van der Waals surface area contributed by atoms with E-state index in [2.05, 4.69) is 16.0 Å². The first-order valence-electron chi connectivity index (χ1n) is 6.79. The Morgan fingerprint density at radius 1 is 0.889 bits per heavy atom. The Balaban J connectivity index is 2.31. The number of ether oxygens (including phenoxy) is 1. The van der Waals surface area contributed by atoms with Gasteiger partial charge in [0.05, 0.1) is 7.11 Å². The maximum Gasteiger partial charge on any atom is 0.409 e. The number of rotatable bonds is 0. The number of amides is 1. The highest BCUT2D eigenvalue weighted by atomic mass is 16.5. The Bertz CT molecular complexity index is 212.